The summed E-state index contributed by atoms with van der Waals surface area (Å²) in [5.41, 5.74) is 2.34. The minimum Gasteiger partial charge on any atom is -0.383 e. The number of carbonyl (C=O) groups is 2. The maximum Gasteiger partial charge on any atom is 0.272 e. The van der Waals surface area contributed by atoms with E-state index in [0.29, 0.717) is 57.4 Å². The van der Waals surface area contributed by atoms with Crippen molar-refractivity contribution in [3.8, 4) is 0 Å². The number of fused-ring (bicyclic) bond motifs is 1. The molecule has 1 aromatic rings. The number of methoxy groups -OCH3 is 1. The molecule has 1 saturated heterocycles. The molecular weight excluding hydrogens is 394 g/mol. The van der Waals surface area contributed by atoms with Crippen molar-refractivity contribution in [2.24, 2.45) is 5.41 Å². The first-order valence-corrected chi connectivity index (χ1v) is 11.6. The van der Waals surface area contributed by atoms with E-state index in [2.05, 4.69) is 43.0 Å². The van der Waals surface area contributed by atoms with Crippen LogP contribution in [0, 0.1) is 5.41 Å². The molecular formula is C23H39N5O3. The van der Waals surface area contributed by atoms with Crippen LogP contribution in [0.5, 0.6) is 0 Å². The number of ether oxygens (including phenoxy) is 1. The number of aromatic nitrogens is 2. The monoisotopic (exact) mass is 433 g/mol. The summed E-state index contributed by atoms with van der Waals surface area (Å²) < 4.78 is 7.12. The summed E-state index contributed by atoms with van der Waals surface area (Å²) >= 11 is 0. The van der Waals surface area contributed by atoms with Crippen LogP contribution >= 0.6 is 0 Å². The second kappa shape index (κ2) is 10.1. The highest BCUT2D eigenvalue weighted by molar-refractivity contribution is 5.94. The van der Waals surface area contributed by atoms with Gasteiger partial charge in [0.05, 0.1) is 13.2 Å². The van der Waals surface area contributed by atoms with Gasteiger partial charge in [0.1, 0.15) is 0 Å². The fourth-order valence-electron chi connectivity index (χ4n) is 4.65. The summed E-state index contributed by atoms with van der Waals surface area (Å²) in [5, 5.41) is 7.77. The Bertz CT molecular complexity index is 783. The normalized spacial score (nSPS) is 19.5. The summed E-state index contributed by atoms with van der Waals surface area (Å²) in [6, 6.07) is 0.394. The van der Waals surface area contributed by atoms with Gasteiger partial charge in [-0.25, -0.2) is 0 Å². The predicted molar refractivity (Wildman–Crippen MR) is 120 cm³/mol. The van der Waals surface area contributed by atoms with Crippen molar-refractivity contribution in [2.45, 2.75) is 72.5 Å². The molecule has 174 valence electrons. The van der Waals surface area contributed by atoms with E-state index in [1.807, 2.05) is 9.58 Å². The van der Waals surface area contributed by atoms with Gasteiger partial charge in [-0.3, -0.25) is 19.2 Å². The molecule has 3 heterocycles. The van der Waals surface area contributed by atoms with Gasteiger partial charge in [0, 0.05) is 56.9 Å². The van der Waals surface area contributed by atoms with Crippen LogP contribution in [0.2, 0.25) is 0 Å². The molecule has 0 radical (unpaired) electrons. The number of amides is 2. The molecule has 1 aromatic heterocycles. The lowest BCUT2D eigenvalue weighted by molar-refractivity contribution is -0.134. The van der Waals surface area contributed by atoms with E-state index >= 15 is 0 Å². The Labute approximate surface area is 186 Å². The van der Waals surface area contributed by atoms with Crippen LogP contribution < -0.4 is 5.32 Å². The summed E-state index contributed by atoms with van der Waals surface area (Å²) in [6.07, 6.45) is 3.50. The van der Waals surface area contributed by atoms with E-state index in [9.17, 15) is 9.59 Å². The van der Waals surface area contributed by atoms with Gasteiger partial charge in [0.2, 0.25) is 5.91 Å². The van der Waals surface area contributed by atoms with Crippen molar-refractivity contribution in [3.05, 3.63) is 17.0 Å². The predicted octanol–water partition coefficient (Wildman–Crippen LogP) is 2.06. The molecule has 1 atom stereocenters. The van der Waals surface area contributed by atoms with Gasteiger partial charge >= 0.3 is 0 Å². The Morgan fingerprint density at radius 1 is 1.26 bits per heavy atom. The molecule has 2 amide bonds. The average molecular weight is 434 g/mol. The average Bonchev–Trinajstić information content (AvgIpc) is 3.32. The van der Waals surface area contributed by atoms with E-state index < -0.39 is 0 Å². The van der Waals surface area contributed by atoms with E-state index in [0.717, 1.165) is 30.8 Å². The molecule has 1 N–H and O–H groups in total. The molecule has 2 aliphatic heterocycles. The van der Waals surface area contributed by atoms with Gasteiger partial charge in [-0.1, -0.05) is 27.7 Å². The van der Waals surface area contributed by atoms with Crippen LogP contribution in [-0.2, 0) is 29.0 Å². The van der Waals surface area contributed by atoms with E-state index in [1.54, 1.807) is 7.11 Å². The van der Waals surface area contributed by atoms with Crippen LogP contribution in [0.1, 0.15) is 68.7 Å². The van der Waals surface area contributed by atoms with Crippen molar-refractivity contribution in [1.82, 2.24) is 24.9 Å². The minimum atomic E-state index is -0.138. The minimum absolute atomic E-state index is 0.0629. The highest BCUT2D eigenvalue weighted by Crippen LogP contribution is 2.26. The Hall–Kier alpha value is -1.93. The first kappa shape index (κ1) is 23.7. The lowest BCUT2D eigenvalue weighted by Crippen LogP contribution is -2.41. The zero-order chi connectivity index (χ0) is 22.6. The third-order valence-electron chi connectivity index (χ3n) is 6.29. The summed E-state index contributed by atoms with van der Waals surface area (Å²) in [7, 11) is 1.66. The van der Waals surface area contributed by atoms with Crippen LogP contribution in [-0.4, -0.2) is 77.3 Å². The fraction of sp³-hybridized carbons (Fsp3) is 0.783. The molecule has 1 unspecified atom stereocenters. The molecule has 0 spiro atoms. The standard InChI is InChI=1S/C23H39N5O3/c1-6-26-10-7-8-17(26)15-24-22(30)21-18-16-27(20(29)14-23(2,3)4)11-9-19(18)28(25-21)12-13-31-5/h17H,6-16H2,1-5H3,(H,24,30). The third kappa shape index (κ3) is 5.86. The van der Waals surface area contributed by atoms with Crippen molar-refractivity contribution in [2.75, 3.05) is 39.9 Å². The second-order valence-electron chi connectivity index (χ2n) is 9.93. The SMILES string of the molecule is CCN1CCCC1CNC(=O)c1nn(CCOC)c2c1CN(C(=O)CC(C)(C)C)CC2. The van der Waals surface area contributed by atoms with Gasteiger partial charge in [-0.05, 0) is 31.3 Å². The quantitative estimate of drug-likeness (QED) is 0.679. The van der Waals surface area contributed by atoms with Gasteiger partial charge in [0.25, 0.3) is 5.91 Å². The number of hydrogen-bond donors (Lipinski definition) is 1. The van der Waals surface area contributed by atoms with E-state index in [-0.39, 0.29) is 17.2 Å². The van der Waals surface area contributed by atoms with Gasteiger partial charge < -0.3 is 15.0 Å². The molecule has 8 nitrogen and oxygen atoms in total. The zero-order valence-electron chi connectivity index (χ0n) is 19.9. The second-order valence-corrected chi connectivity index (χ2v) is 9.93. The Balaban J connectivity index is 1.76. The molecule has 0 saturated carbocycles. The highest BCUT2D eigenvalue weighted by Gasteiger charge is 2.32. The van der Waals surface area contributed by atoms with Crippen LogP contribution in [0.25, 0.3) is 0 Å². The Morgan fingerprint density at radius 2 is 2.03 bits per heavy atom. The molecule has 31 heavy (non-hydrogen) atoms. The van der Waals surface area contributed by atoms with Crippen molar-refractivity contribution < 1.29 is 14.3 Å². The number of rotatable bonds is 8. The number of likely N-dealkylation sites (N-methyl/N-ethyl adjacent to an activating group) is 1. The zero-order valence-corrected chi connectivity index (χ0v) is 19.9. The van der Waals surface area contributed by atoms with Crippen molar-refractivity contribution in [3.63, 3.8) is 0 Å². The third-order valence-corrected chi connectivity index (χ3v) is 6.29. The summed E-state index contributed by atoms with van der Waals surface area (Å²) in [5.74, 6) is -0.000756. The first-order valence-electron chi connectivity index (χ1n) is 11.6. The van der Waals surface area contributed by atoms with Crippen LogP contribution in [0.15, 0.2) is 0 Å². The number of carbonyl (C=O) groups excluding carboxylic acids is 2. The van der Waals surface area contributed by atoms with Crippen LogP contribution in [0.4, 0.5) is 0 Å². The highest BCUT2D eigenvalue weighted by atomic mass is 16.5. The van der Waals surface area contributed by atoms with Crippen LogP contribution in [0.3, 0.4) is 0 Å². The lowest BCUT2D eigenvalue weighted by Gasteiger charge is -2.30. The first-order chi connectivity index (χ1) is 14.7. The maximum atomic E-state index is 13.1. The molecule has 1 fully saturated rings. The topological polar surface area (TPSA) is 79.7 Å². The fourth-order valence-corrected chi connectivity index (χ4v) is 4.65. The Morgan fingerprint density at radius 3 is 2.71 bits per heavy atom. The van der Waals surface area contributed by atoms with E-state index in [4.69, 9.17) is 4.74 Å². The van der Waals surface area contributed by atoms with Crippen molar-refractivity contribution in [1.29, 1.82) is 0 Å². The van der Waals surface area contributed by atoms with Gasteiger partial charge in [-0.15, -0.1) is 0 Å². The molecule has 0 aliphatic carbocycles. The molecule has 8 heteroatoms. The van der Waals surface area contributed by atoms with Gasteiger partial charge in [-0.2, -0.15) is 5.10 Å². The molecule has 3 rings (SSSR count). The lowest BCUT2D eigenvalue weighted by atomic mass is 9.91. The van der Waals surface area contributed by atoms with Gasteiger partial charge in [0.15, 0.2) is 5.69 Å². The van der Waals surface area contributed by atoms with Crippen molar-refractivity contribution >= 4 is 11.8 Å². The largest absolute Gasteiger partial charge is 0.383 e. The smallest absolute Gasteiger partial charge is 0.272 e. The Kier molecular flexibility index (Phi) is 7.75. The number of hydrogen-bond acceptors (Lipinski definition) is 5. The number of nitrogens with zero attached hydrogens (tertiary/aromatic N) is 4. The number of likely N-dealkylation sites (tertiary alicyclic amines) is 1. The number of nitrogens with one attached hydrogen (secondary N) is 1. The molecule has 2 aliphatic rings. The maximum absolute atomic E-state index is 13.1. The molecule has 0 bridgehead atoms. The molecule has 0 aromatic carbocycles. The summed E-state index contributed by atoms with van der Waals surface area (Å²) in [4.78, 5) is 30.2. The van der Waals surface area contributed by atoms with E-state index in [1.165, 1.54) is 6.42 Å². The summed E-state index contributed by atoms with van der Waals surface area (Å²) in [6.45, 7) is 13.4.